The standard InChI is InChI=1S/C21H22F4N2O2/c22-16-10-14(9-15(11-16)21(23,24)25)12-28-19-13-29-18-4-2-1-3-17(18)20(19)27-7-5-26-6-8-27/h1-4,9-11,19-20,26H,5-8,12-13H2. The van der Waals surface area contributed by atoms with Gasteiger partial charge in [-0.1, -0.05) is 18.2 Å². The molecular formula is C21H22F4N2O2. The first-order valence-electron chi connectivity index (χ1n) is 9.56. The van der Waals surface area contributed by atoms with E-state index in [1.807, 2.05) is 24.3 Å². The Morgan fingerprint density at radius 3 is 2.62 bits per heavy atom. The van der Waals surface area contributed by atoms with Gasteiger partial charge in [-0.05, 0) is 29.8 Å². The molecule has 29 heavy (non-hydrogen) atoms. The van der Waals surface area contributed by atoms with Crippen LogP contribution in [0, 0.1) is 5.82 Å². The second-order valence-corrected chi connectivity index (χ2v) is 7.28. The molecule has 1 fully saturated rings. The molecule has 0 aromatic heterocycles. The lowest BCUT2D eigenvalue weighted by Crippen LogP contribution is -2.51. The lowest BCUT2D eigenvalue weighted by atomic mass is 9.95. The van der Waals surface area contributed by atoms with Crippen LogP contribution in [0.15, 0.2) is 42.5 Å². The van der Waals surface area contributed by atoms with Gasteiger partial charge in [0.1, 0.15) is 24.3 Å². The zero-order chi connectivity index (χ0) is 20.4. The van der Waals surface area contributed by atoms with Crippen molar-refractivity contribution in [3.63, 3.8) is 0 Å². The number of halogens is 4. The lowest BCUT2D eigenvalue weighted by Gasteiger charge is -2.42. The maximum Gasteiger partial charge on any atom is 0.416 e. The van der Waals surface area contributed by atoms with E-state index in [9.17, 15) is 17.6 Å². The Kier molecular flexibility index (Phi) is 5.76. The molecule has 2 aromatic rings. The number of nitrogens with zero attached hydrogens (tertiary/aromatic N) is 1. The van der Waals surface area contributed by atoms with Crippen LogP contribution in [0.5, 0.6) is 5.75 Å². The Hall–Kier alpha value is -2.16. The molecular weight excluding hydrogens is 388 g/mol. The topological polar surface area (TPSA) is 33.7 Å². The van der Waals surface area contributed by atoms with Gasteiger partial charge < -0.3 is 14.8 Å². The van der Waals surface area contributed by atoms with Crippen LogP contribution in [0.2, 0.25) is 0 Å². The third-order valence-electron chi connectivity index (χ3n) is 5.29. The van der Waals surface area contributed by atoms with Gasteiger partial charge >= 0.3 is 6.18 Å². The number of nitrogens with one attached hydrogen (secondary N) is 1. The highest BCUT2D eigenvalue weighted by molar-refractivity contribution is 5.38. The maximum atomic E-state index is 13.7. The molecule has 2 atom stereocenters. The van der Waals surface area contributed by atoms with Crippen LogP contribution >= 0.6 is 0 Å². The van der Waals surface area contributed by atoms with E-state index in [0.717, 1.165) is 49.6 Å². The summed E-state index contributed by atoms with van der Waals surface area (Å²) in [4.78, 5) is 2.30. The van der Waals surface area contributed by atoms with Gasteiger partial charge in [-0.3, -0.25) is 4.90 Å². The molecule has 1 saturated heterocycles. The Bertz CT molecular complexity index is 853. The summed E-state index contributed by atoms with van der Waals surface area (Å²) in [5.74, 6) is -0.136. The van der Waals surface area contributed by atoms with Crippen molar-refractivity contribution in [2.75, 3.05) is 32.8 Å². The van der Waals surface area contributed by atoms with Crippen molar-refractivity contribution in [1.29, 1.82) is 0 Å². The van der Waals surface area contributed by atoms with Gasteiger partial charge in [0.25, 0.3) is 0 Å². The molecule has 2 aromatic carbocycles. The molecule has 1 N–H and O–H groups in total. The van der Waals surface area contributed by atoms with Crippen LogP contribution in [0.4, 0.5) is 17.6 Å². The number of benzene rings is 2. The highest BCUT2D eigenvalue weighted by atomic mass is 19.4. The minimum atomic E-state index is -4.60. The van der Waals surface area contributed by atoms with Gasteiger partial charge in [0.05, 0.1) is 18.2 Å². The average Bonchev–Trinajstić information content (AvgIpc) is 2.71. The summed E-state index contributed by atoms with van der Waals surface area (Å²) in [7, 11) is 0. The first-order chi connectivity index (χ1) is 13.9. The van der Waals surface area contributed by atoms with E-state index in [2.05, 4.69) is 10.2 Å². The number of alkyl halides is 3. The number of hydrogen-bond donors (Lipinski definition) is 1. The minimum absolute atomic E-state index is 0.0716. The number of hydrogen-bond acceptors (Lipinski definition) is 4. The quantitative estimate of drug-likeness (QED) is 0.779. The number of fused-ring (bicyclic) bond motifs is 1. The smallest absolute Gasteiger partial charge is 0.416 e. The largest absolute Gasteiger partial charge is 0.490 e. The second kappa shape index (κ2) is 8.30. The molecule has 2 heterocycles. The molecule has 0 spiro atoms. The van der Waals surface area contributed by atoms with Gasteiger partial charge in [-0.25, -0.2) is 4.39 Å². The number of piperazine rings is 1. The van der Waals surface area contributed by atoms with Gasteiger partial charge in [0.2, 0.25) is 0 Å². The van der Waals surface area contributed by atoms with Crippen LogP contribution in [0.3, 0.4) is 0 Å². The summed E-state index contributed by atoms with van der Waals surface area (Å²) >= 11 is 0. The fourth-order valence-electron chi connectivity index (χ4n) is 3.95. The van der Waals surface area contributed by atoms with Crippen molar-refractivity contribution in [2.45, 2.75) is 24.9 Å². The van der Waals surface area contributed by atoms with E-state index in [-0.39, 0.29) is 30.9 Å². The van der Waals surface area contributed by atoms with Crippen molar-refractivity contribution < 1.29 is 27.0 Å². The molecule has 4 rings (SSSR count). The zero-order valence-corrected chi connectivity index (χ0v) is 15.7. The van der Waals surface area contributed by atoms with E-state index in [1.165, 1.54) is 0 Å². The van der Waals surface area contributed by atoms with E-state index >= 15 is 0 Å². The number of para-hydroxylation sites is 1. The molecule has 0 bridgehead atoms. The van der Waals surface area contributed by atoms with Crippen LogP contribution in [-0.2, 0) is 17.5 Å². The molecule has 156 valence electrons. The molecule has 0 saturated carbocycles. The van der Waals surface area contributed by atoms with Gasteiger partial charge in [-0.15, -0.1) is 0 Å². The van der Waals surface area contributed by atoms with Crippen LogP contribution in [0.1, 0.15) is 22.7 Å². The molecule has 8 heteroatoms. The Balaban J connectivity index is 1.55. The Labute approximate surface area is 166 Å². The summed E-state index contributed by atoms with van der Waals surface area (Å²) in [6.45, 7) is 3.52. The second-order valence-electron chi connectivity index (χ2n) is 7.28. The molecule has 2 unspecified atom stereocenters. The maximum absolute atomic E-state index is 13.7. The van der Waals surface area contributed by atoms with Crippen LogP contribution in [0.25, 0.3) is 0 Å². The summed E-state index contributed by atoms with van der Waals surface area (Å²) in [5.41, 5.74) is 0.135. The van der Waals surface area contributed by atoms with E-state index in [0.29, 0.717) is 6.07 Å². The third kappa shape index (κ3) is 4.55. The van der Waals surface area contributed by atoms with E-state index < -0.39 is 17.6 Å². The lowest BCUT2D eigenvalue weighted by molar-refractivity contribution is -0.137. The fraction of sp³-hybridized carbons (Fsp3) is 0.429. The third-order valence-corrected chi connectivity index (χ3v) is 5.29. The van der Waals surface area contributed by atoms with Gasteiger partial charge in [0, 0.05) is 31.7 Å². The van der Waals surface area contributed by atoms with E-state index in [1.54, 1.807) is 0 Å². The van der Waals surface area contributed by atoms with Crippen molar-refractivity contribution in [2.24, 2.45) is 0 Å². The van der Waals surface area contributed by atoms with Crippen molar-refractivity contribution >= 4 is 0 Å². The highest BCUT2D eigenvalue weighted by Crippen LogP contribution is 2.38. The summed E-state index contributed by atoms with van der Waals surface area (Å²) in [5, 5.41) is 3.32. The highest BCUT2D eigenvalue weighted by Gasteiger charge is 2.37. The van der Waals surface area contributed by atoms with Crippen LogP contribution in [-0.4, -0.2) is 43.8 Å². The first kappa shape index (κ1) is 20.1. The molecule has 0 aliphatic carbocycles. The SMILES string of the molecule is Fc1cc(COC2COc3ccccc3C2N2CCNCC2)cc(C(F)(F)F)c1. The van der Waals surface area contributed by atoms with Crippen molar-refractivity contribution in [3.05, 3.63) is 65.0 Å². The Morgan fingerprint density at radius 1 is 1.10 bits per heavy atom. The number of rotatable bonds is 4. The molecule has 2 aliphatic rings. The molecule has 0 amide bonds. The molecule has 0 radical (unpaired) electrons. The predicted molar refractivity (Wildman–Crippen MR) is 99.1 cm³/mol. The van der Waals surface area contributed by atoms with Gasteiger partial charge in [-0.2, -0.15) is 13.2 Å². The molecule has 4 nitrogen and oxygen atoms in total. The fourth-order valence-corrected chi connectivity index (χ4v) is 3.95. The van der Waals surface area contributed by atoms with E-state index in [4.69, 9.17) is 9.47 Å². The van der Waals surface area contributed by atoms with Crippen molar-refractivity contribution in [1.82, 2.24) is 10.2 Å². The first-order valence-corrected chi connectivity index (χ1v) is 9.56. The summed E-state index contributed by atoms with van der Waals surface area (Å²) < 4.78 is 64.4. The zero-order valence-electron chi connectivity index (χ0n) is 15.7. The summed E-state index contributed by atoms with van der Waals surface area (Å²) in [6.07, 6.45) is -4.98. The molecule has 2 aliphatic heterocycles. The van der Waals surface area contributed by atoms with Crippen LogP contribution < -0.4 is 10.1 Å². The predicted octanol–water partition coefficient (Wildman–Crippen LogP) is 3.77. The minimum Gasteiger partial charge on any atom is -0.490 e. The van der Waals surface area contributed by atoms with Crippen molar-refractivity contribution in [3.8, 4) is 5.75 Å². The summed E-state index contributed by atoms with van der Waals surface area (Å²) in [6, 6.07) is 10.2. The van der Waals surface area contributed by atoms with Gasteiger partial charge in [0.15, 0.2) is 0 Å². The Morgan fingerprint density at radius 2 is 1.86 bits per heavy atom. The monoisotopic (exact) mass is 410 g/mol. The number of ether oxygens (including phenoxy) is 2. The average molecular weight is 410 g/mol. The normalized spacial score (nSPS) is 22.8.